The number of amides is 1. The lowest BCUT2D eigenvalue weighted by Crippen LogP contribution is -2.26. The lowest BCUT2D eigenvalue weighted by atomic mass is 10.1. The van der Waals surface area contributed by atoms with Crippen molar-refractivity contribution >= 4 is 16.9 Å². The molecule has 0 spiro atoms. The Morgan fingerprint density at radius 3 is 2.56 bits per heavy atom. The zero-order chi connectivity index (χ0) is 19.2. The van der Waals surface area contributed by atoms with Crippen LogP contribution < -0.4 is 5.32 Å². The van der Waals surface area contributed by atoms with Crippen LogP contribution in [-0.2, 0) is 17.6 Å². The minimum Gasteiger partial charge on any atom is -0.356 e. The Morgan fingerprint density at radius 2 is 1.81 bits per heavy atom. The zero-order valence-electron chi connectivity index (χ0n) is 16.5. The normalized spacial score (nSPS) is 11.3. The van der Waals surface area contributed by atoms with Gasteiger partial charge in [0.1, 0.15) is 5.82 Å². The number of rotatable bonds is 8. The summed E-state index contributed by atoms with van der Waals surface area (Å²) in [5.74, 6) is 1.15. The van der Waals surface area contributed by atoms with Gasteiger partial charge in [-0.1, -0.05) is 42.0 Å². The fourth-order valence-electron chi connectivity index (χ4n) is 3.46. The summed E-state index contributed by atoms with van der Waals surface area (Å²) in [6.45, 7) is 7.05. The number of nitrogens with zero attached hydrogens (tertiary/aromatic N) is 2. The molecule has 0 saturated carbocycles. The lowest BCUT2D eigenvalue weighted by molar-refractivity contribution is -0.121. The number of nitrogens with one attached hydrogen (secondary N) is 1. The van der Waals surface area contributed by atoms with Gasteiger partial charge in [0, 0.05) is 25.4 Å². The Kier molecular flexibility index (Phi) is 6.28. The molecule has 0 bridgehead atoms. The Hall–Kier alpha value is -2.62. The Labute approximate surface area is 161 Å². The van der Waals surface area contributed by atoms with Gasteiger partial charge in [0.05, 0.1) is 11.0 Å². The summed E-state index contributed by atoms with van der Waals surface area (Å²) < 4.78 is 2.26. The first-order valence-corrected chi connectivity index (χ1v) is 9.82. The summed E-state index contributed by atoms with van der Waals surface area (Å²) in [6.07, 6.45) is 3.13. The minimum atomic E-state index is 0.120. The molecule has 27 heavy (non-hydrogen) atoms. The number of aromatic nitrogens is 2. The average Bonchev–Trinajstić information content (AvgIpc) is 3.02. The molecule has 1 amide bonds. The topological polar surface area (TPSA) is 46.9 Å². The summed E-state index contributed by atoms with van der Waals surface area (Å²) in [7, 11) is 0. The van der Waals surface area contributed by atoms with E-state index in [1.54, 1.807) is 0 Å². The highest BCUT2D eigenvalue weighted by atomic mass is 16.1. The molecule has 3 rings (SSSR count). The second kappa shape index (κ2) is 8.85. The van der Waals surface area contributed by atoms with Crippen molar-refractivity contribution in [1.29, 1.82) is 0 Å². The molecule has 1 heterocycles. The SMILES string of the molecule is Cc1ccc(CCCC(=O)NCCc2nc3ccccc3n2C(C)C)cc1. The molecule has 0 fully saturated rings. The van der Waals surface area contributed by atoms with Crippen molar-refractivity contribution in [3.05, 3.63) is 65.5 Å². The van der Waals surface area contributed by atoms with Crippen LogP contribution in [0.2, 0.25) is 0 Å². The van der Waals surface area contributed by atoms with Crippen molar-refractivity contribution in [3.63, 3.8) is 0 Å². The van der Waals surface area contributed by atoms with Crippen molar-refractivity contribution in [1.82, 2.24) is 14.9 Å². The number of fused-ring (bicyclic) bond motifs is 1. The summed E-state index contributed by atoms with van der Waals surface area (Å²) in [5, 5.41) is 3.04. The van der Waals surface area contributed by atoms with E-state index < -0.39 is 0 Å². The standard InChI is InChI=1S/C23H29N3O/c1-17(2)26-21-9-5-4-8-20(21)25-22(26)15-16-24-23(27)10-6-7-19-13-11-18(3)12-14-19/h4-5,8-9,11-14,17H,6-7,10,15-16H2,1-3H3,(H,24,27). The van der Waals surface area contributed by atoms with E-state index in [9.17, 15) is 4.79 Å². The first kappa shape index (κ1) is 19.2. The van der Waals surface area contributed by atoms with Gasteiger partial charge < -0.3 is 9.88 Å². The minimum absolute atomic E-state index is 0.120. The number of carbonyl (C=O) groups excluding carboxylic acids is 1. The molecule has 0 aliphatic heterocycles. The van der Waals surface area contributed by atoms with Crippen LogP contribution in [0.5, 0.6) is 0 Å². The number of benzene rings is 2. The van der Waals surface area contributed by atoms with E-state index in [2.05, 4.69) is 61.0 Å². The lowest BCUT2D eigenvalue weighted by Gasteiger charge is -2.13. The van der Waals surface area contributed by atoms with Gasteiger partial charge in [-0.2, -0.15) is 0 Å². The fourth-order valence-corrected chi connectivity index (χ4v) is 3.46. The van der Waals surface area contributed by atoms with Crippen LogP contribution >= 0.6 is 0 Å². The van der Waals surface area contributed by atoms with E-state index in [0.29, 0.717) is 19.0 Å². The van der Waals surface area contributed by atoms with Gasteiger partial charge in [0.15, 0.2) is 0 Å². The quantitative estimate of drug-likeness (QED) is 0.635. The van der Waals surface area contributed by atoms with Crippen molar-refractivity contribution in [2.24, 2.45) is 0 Å². The molecular weight excluding hydrogens is 334 g/mol. The van der Waals surface area contributed by atoms with Crippen molar-refractivity contribution < 1.29 is 4.79 Å². The van der Waals surface area contributed by atoms with Crippen LogP contribution in [0.1, 0.15) is 49.7 Å². The van der Waals surface area contributed by atoms with Crippen molar-refractivity contribution in [2.75, 3.05) is 6.54 Å². The summed E-state index contributed by atoms with van der Waals surface area (Å²) in [4.78, 5) is 16.9. The smallest absolute Gasteiger partial charge is 0.220 e. The number of para-hydroxylation sites is 2. The predicted octanol–water partition coefficient (Wildman–Crippen LogP) is 4.61. The Bertz CT molecular complexity index is 894. The van der Waals surface area contributed by atoms with E-state index in [0.717, 1.165) is 36.1 Å². The maximum atomic E-state index is 12.1. The zero-order valence-corrected chi connectivity index (χ0v) is 16.5. The van der Waals surface area contributed by atoms with E-state index >= 15 is 0 Å². The molecule has 0 aliphatic carbocycles. The molecule has 3 aromatic rings. The third kappa shape index (κ3) is 4.97. The molecule has 0 unspecified atom stereocenters. The van der Waals surface area contributed by atoms with E-state index in [1.807, 2.05) is 18.2 Å². The summed E-state index contributed by atoms with van der Waals surface area (Å²) in [6, 6.07) is 17.1. The van der Waals surface area contributed by atoms with Crippen LogP contribution in [0.3, 0.4) is 0 Å². The van der Waals surface area contributed by atoms with Crippen molar-refractivity contribution in [3.8, 4) is 0 Å². The molecular formula is C23H29N3O. The molecule has 4 nitrogen and oxygen atoms in total. The van der Waals surface area contributed by atoms with Crippen molar-refractivity contribution in [2.45, 2.75) is 52.5 Å². The number of aryl methyl sites for hydroxylation is 2. The van der Waals surface area contributed by atoms with Gasteiger partial charge in [-0.3, -0.25) is 4.79 Å². The van der Waals surface area contributed by atoms with Crippen LogP contribution in [0.15, 0.2) is 48.5 Å². The third-order valence-corrected chi connectivity index (χ3v) is 4.85. The first-order chi connectivity index (χ1) is 13.0. The van der Waals surface area contributed by atoms with Crippen LogP contribution in [0.4, 0.5) is 0 Å². The largest absolute Gasteiger partial charge is 0.356 e. The molecule has 0 atom stereocenters. The maximum absolute atomic E-state index is 12.1. The van der Waals surface area contributed by atoms with Crippen LogP contribution in [0.25, 0.3) is 11.0 Å². The van der Waals surface area contributed by atoms with Gasteiger partial charge in [-0.05, 0) is 51.3 Å². The van der Waals surface area contributed by atoms with Gasteiger partial charge in [-0.15, -0.1) is 0 Å². The summed E-state index contributed by atoms with van der Waals surface area (Å²) >= 11 is 0. The van der Waals surface area contributed by atoms with Crippen LogP contribution in [-0.4, -0.2) is 22.0 Å². The second-order valence-corrected chi connectivity index (χ2v) is 7.42. The number of imidazole rings is 1. The number of hydrogen-bond acceptors (Lipinski definition) is 2. The second-order valence-electron chi connectivity index (χ2n) is 7.42. The highest BCUT2D eigenvalue weighted by molar-refractivity contribution is 5.76. The first-order valence-electron chi connectivity index (χ1n) is 9.82. The fraction of sp³-hybridized carbons (Fsp3) is 0.391. The molecule has 0 radical (unpaired) electrons. The highest BCUT2D eigenvalue weighted by Crippen LogP contribution is 2.21. The molecule has 0 saturated heterocycles. The number of hydrogen-bond donors (Lipinski definition) is 1. The third-order valence-electron chi connectivity index (χ3n) is 4.85. The molecule has 1 aromatic heterocycles. The highest BCUT2D eigenvalue weighted by Gasteiger charge is 2.12. The molecule has 4 heteroatoms. The van der Waals surface area contributed by atoms with E-state index in [4.69, 9.17) is 4.98 Å². The predicted molar refractivity (Wildman–Crippen MR) is 111 cm³/mol. The molecule has 142 valence electrons. The van der Waals surface area contributed by atoms with Gasteiger partial charge in [0.25, 0.3) is 0 Å². The van der Waals surface area contributed by atoms with E-state index in [1.165, 1.54) is 11.1 Å². The van der Waals surface area contributed by atoms with Gasteiger partial charge in [0.2, 0.25) is 5.91 Å². The molecule has 0 aliphatic rings. The average molecular weight is 364 g/mol. The maximum Gasteiger partial charge on any atom is 0.220 e. The molecule has 1 N–H and O–H groups in total. The van der Waals surface area contributed by atoms with Gasteiger partial charge >= 0.3 is 0 Å². The van der Waals surface area contributed by atoms with Crippen LogP contribution in [0, 0.1) is 6.92 Å². The Morgan fingerprint density at radius 1 is 1.07 bits per heavy atom. The molecule has 2 aromatic carbocycles. The Balaban J connectivity index is 1.48. The van der Waals surface area contributed by atoms with E-state index in [-0.39, 0.29) is 5.91 Å². The number of carbonyl (C=O) groups is 1. The monoisotopic (exact) mass is 363 g/mol. The summed E-state index contributed by atoms with van der Waals surface area (Å²) in [5.41, 5.74) is 4.74. The van der Waals surface area contributed by atoms with Gasteiger partial charge in [-0.25, -0.2) is 4.98 Å².